The third-order valence-electron chi connectivity index (χ3n) is 4.03. The van der Waals surface area contributed by atoms with E-state index < -0.39 is 0 Å². The molecule has 2 nitrogen and oxygen atoms in total. The van der Waals surface area contributed by atoms with E-state index in [4.69, 9.17) is 5.73 Å². The molecule has 19 heavy (non-hydrogen) atoms. The minimum Gasteiger partial charge on any atom is -0.330 e. The van der Waals surface area contributed by atoms with Gasteiger partial charge in [-0.15, -0.1) is 0 Å². The third-order valence-corrected chi connectivity index (χ3v) is 4.77. The van der Waals surface area contributed by atoms with Crippen molar-refractivity contribution < 1.29 is 0 Å². The number of rotatable bonds is 4. The van der Waals surface area contributed by atoms with E-state index in [2.05, 4.69) is 52.1 Å². The molecule has 0 radical (unpaired) electrons. The van der Waals surface area contributed by atoms with Crippen molar-refractivity contribution in [1.82, 2.24) is 4.90 Å². The van der Waals surface area contributed by atoms with Gasteiger partial charge in [0.2, 0.25) is 0 Å². The molecule has 2 heterocycles. The molecule has 0 unspecified atom stereocenters. The number of hydrogen-bond acceptors (Lipinski definition) is 3. The first-order chi connectivity index (χ1) is 9.36. The molecule has 1 fully saturated rings. The largest absolute Gasteiger partial charge is 0.330 e. The van der Waals surface area contributed by atoms with Crippen LogP contribution in [0.2, 0.25) is 0 Å². The second kappa shape index (κ2) is 5.87. The van der Waals surface area contributed by atoms with Crippen LogP contribution in [0.5, 0.6) is 0 Å². The Balaban J connectivity index is 1.72. The number of nitrogens with zero attached hydrogens (tertiary/aromatic N) is 1. The van der Waals surface area contributed by atoms with E-state index in [1.807, 2.05) is 0 Å². The summed E-state index contributed by atoms with van der Waals surface area (Å²) in [5.74, 6) is 1.17. The van der Waals surface area contributed by atoms with E-state index >= 15 is 0 Å². The topological polar surface area (TPSA) is 29.3 Å². The van der Waals surface area contributed by atoms with Crippen molar-refractivity contribution in [2.75, 3.05) is 19.6 Å². The zero-order chi connectivity index (χ0) is 13.1. The first kappa shape index (κ1) is 12.9. The molecule has 3 heteroatoms. The molecule has 1 aliphatic rings. The number of thiophene rings is 1. The van der Waals surface area contributed by atoms with Gasteiger partial charge in [0.1, 0.15) is 0 Å². The third kappa shape index (κ3) is 2.89. The van der Waals surface area contributed by atoms with Crippen LogP contribution in [-0.2, 0) is 6.54 Å². The van der Waals surface area contributed by atoms with Gasteiger partial charge in [-0.3, -0.25) is 4.90 Å². The van der Waals surface area contributed by atoms with E-state index in [1.54, 1.807) is 11.3 Å². The minimum absolute atomic E-state index is 0.584. The van der Waals surface area contributed by atoms with Crippen molar-refractivity contribution in [3.63, 3.8) is 0 Å². The number of likely N-dealkylation sites (tertiary alicyclic amines) is 1. The summed E-state index contributed by atoms with van der Waals surface area (Å²) < 4.78 is 0. The maximum absolute atomic E-state index is 5.97. The summed E-state index contributed by atoms with van der Waals surface area (Å²) in [5, 5.41) is 4.40. The normalized spacial score (nSPS) is 23.8. The van der Waals surface area contributed by atoms with Crippen molar-refractivity contribution in [3.05, 3.63) is 58.3 Å². The summed E-state index contributed by atoms with van der Waals surface area (Å²) in [4.78, 5) is 2.54. The summed E-state index contributed by atoms with van der Waals surface area (Å²) in [6.45, 7) is 4.08. The van der Waals surface area contributed by atoms with Crippen molar-refractivity contribution >= 4 is 11.3 Å². The Bertz CT molecular complexity index is 495. The first-order valence-electron chi connectivity index (χ1n) is 6.85. The van der Waals surface area contributed by atoms with Gasteiger partial charge in [-0.2, -0.15) is 11.3 Å². The molecule has 2 aromatic rings. The Morgan fingerprint density at radius 1 is 1.16 bits per heavy atom. The van der Waals surface area contributed by atoms with Crippen LogP contribution in [0.25, 0.3) is 0 Å². The van der Waals surface area contributed by atoms with Crippen molar-refractivity contribution in [2.45, 2.75) is 12.5 Å². The Labute approximate surface area is 118 Å². The summed E-state index contributed by atoms with van der Waals surface area (Å²) in [7, 11) is 0. The maximum atomic E-state index is 5.97. The van der Waals surface area contributed by atoms with Crippen molar-refractivity contribution in [3.8, 4) is 0 Å². The van der Waals surface area contributed by atoms with Crippen LogP contribution in [0.1, 0.15) is 17.0 Å². The second-order valence-electron chi connectivity index (χ2n) is 5.34. The lowest BCUT2D eigenvalue weighted by Crippen LogP contribution is -2.23. The van der Waals surface area contributed by atoms with Gasteiger partial charge in [0.15, 0.2) is 0 Å². The second-order valence-corrected chi connectivity index (χ2v) is 6.12. The highest BCUT2D eigenvalue weighted by Crippen LogP contribution is 2.32. The smallest absolute Gasteiger partial charge is 0.0242 e. The first-order valence-corrected chi connectivity index (χ1v) is 7.79. The molecule has 1 aromatic heterocycles. The molecule has 1 aliphatic heterocycles. The average Bonchev–Trinajstić information content (AvgIpc) is 3.09. The quantitative estimate of drug-likeness (QED) is 0.927. The fraction of sp³-hybridized carbons (Fsp3) is 0.375. The van der Waals surface area contributed by atoms with Gasteiger partial charge in [-0.1, -0.05) is 30.3 Å². The van der Waals surface area contributed by atoms with Gasteiger partial charge in [-0.25, -0.2) is 0 Å². The standard InChI is InChI=1S/C16H20N2S/c17-8-15-10-18(9-13-6-7-19-12-13)11-16(15)14-4-2-1-3-5-14/h1-7,12,15-16H,8-11,17H2/t15-,16+/m1/s1. The SMILES string of the molecule is NC[C@@H]1CN(Cc2ccsc2)C[C@H]1c1ccccc1. The Kier molecular flexibility index (Phi) is 3.97. The molecule has 2 N–H and O–H groups in total. The lowest BCUT2D eigenvalue weighted by Gasteiger charge is -2.16. The fourth-order valence-electron chi connectivity index (χ4n) is 3.05. The predicted octanol–water partition coefficient (Wildman–Crippen LogP) is 2.92. The van der Waals surface area contributed by atoms with Crippen LogP contribution in [-0.4, -0.2) is 24.5 Å². The zero-order valence-electron chi connectivity index (χ0n) is 11.0. The Hall–Kier alpha value is -1.16. The van der Waals surface area contributed by atoms with Gasteiger partial charge >= 0.3 is 0 Å². The van der Waals surface area contributed by atoms with E-state index in [-0.39, 0.29) is 0 Å². The summed E-state index contributed by atoms with van der Waals surface area (Å²) in [6.07, 6.45) is 0. The maximum Gasteiger partial charge on any atom is 0.0242 e. The highest BCUT2D eigenvalue weighted by molar-refractivity contribution is 7.07. The van der Waals surface area contributed by atoms with Crippen LogP contribution in [0.4, 0.5) is 0 Å². The van der Waals surface area contributed by atoms with E-state index in [0.717, 1.165) is 26.2 Å². The summed E-state index contributed by atoms with van der Waals surface area (Å²) >= 11 is 1.78. The molecule has 2 atom stereocenters. The molecule has 100 valence electrons. The van der Waals surface area contributed by atoms with E-state index in [0.29, 0.717) is 11.8 Å². The van der Waals surface area contributed by atoms with Crippen LogP contribution >= 0.6 is 11.3 Å². The van der Waals surface area contributed by atoms with E-state index in [9.17, 15) is 0 Å². The molecule has 0 amide bonds. The van der Waals surface area contributed by atoms with Crippen LogP contribution < -0.4 is 5.73 Å². The zero-order valence-corrected chi connectivity index (χ0v) is 11.9. The molecular weight excluding hydrogens is 252 g/mol. The van der Waals surface area contributed by atoms with Crippen LogP contribution in [0, 0.1) is 5.92 Å². The van der Waals surface area contributed by atoms with Gasteiger partial charge in [0.25, 0.3) is 0 Å². The van der Waals surface area contributed by atoms with Gasteiger partial charge in [0.05, 0.1) is 0 Å². The van der Waals surface area contributed by atoms with Gasteiger partial charge in [0, 0.05) is 25.6 Å². The summed E-state index contributed by atoms with van der Waals surface area (Å²) in [5.41, 5.74) is 8.83. The number of nitrogens with two attached hydrogens (primary N) is 1. The molecule has 0 aliphatic carbocycles. The molecule has 0 spiro atoms. The number of hydrogen-bond donors (Lipinski definition) is 1. The lowest BCUT2D eigenvalue weighted by molar-refractivity contribution is 0.317. The Morgan fingerprint density at radius 2 is 2.00 bits per heavy atom. The predicted molar refractivity (Wildman–Crippen MR) is 81.3 cm³/mol. The molecule has 1 aromatic carbocycles. The monoisotopic (exact) mass is 272 g/mol. The van der Waals surface area contributed by atoms with E-state index in [1.165, 1.54) is 11.1 Å². The van der Waals surface area contributed by atoms with Crippen molar-refractivity contribution in [1.29, 1.82) is 0 Å². The fourth-order valence-corrected chi connectivity index (χ4v) is 3.71. The Morgan fingerprint density at radius 3 is 2.68 bits per heavy atom. The molecular formula is C16H20N2S. The van der Waals surface area contributed by atoms with Crippen molar-refractivity contribution in [2.24, 2.45) is 11.7 Å². The highest BCUT2D eigenvalue weighted by Gasteiger charge is 2.32. The molecule has 1 saturated heterocycles. The minimum atomic E-state index is 0.584. The molecule has 0 bridgehead atoms. The average molecular weight is 272 g/mol. The van der Waals surface area contributed by atoms with Gasteiger partial charge in [-0.05, 0) is 40.4 Å². The van der Waals surface area contributed by atoms with Gasteiger partial charge < -0.3 is 5.73 Å². The number of benzene rings is 1. The summed E-state index contributed by atoms with van der Waals surface area (Å²) in [6, 6.07) is 13.0. The highest BCUT2D eigenvalue weighted by atomic mass is 32.1. The van der Waals surface area contributed by atoms with Crippen LogP contribution in [0.3, 0.4) is 0 Å². The molecule has 3 rings (SSSR count). The molecule has 0 saturated carbocycles. The lowest BCUT2D eigenvalue weighted by atomic mass is 9.89. The van der Waals surface area contributed by atoms with Crippen LogP contribution in [0.15, 0.2) is 47.2 Å².